The summed E-state index contributed by atoms with van der Waals surface area (Å²) in [5.41, 5.74) is 1.49. The fraction of sp³-hybridized carbons (Fsp3) is 0.316. The lowest BCUT2D eigenvalue weighted by Crippen LogP contribution is -2.33. The Balaban J connectivity index is 2.14. The lowest BCUT2D eigenvalue weighted by Gasteiger charge is -2.20. The van der Waals surface area contributed by atoms with E-state index in [1.807, 2.05) is 56.3 Å². The van der Waals surface area contributed by atoms with E-state index in [1.54, 1.807) is 17.0 Å². The summed E-state index contributed by atoms with van der Waals surface area (Å²) in [5, 5.41) is 2.84. The normalized spacial score (nSPS) is 10.6. The summed E-state index contributed by atoms with van der Waals surface area (Å²) in [5.74, 6) is -0.433. The first-order valence-electron chi connectivity index (χ1n) is 8.28. The summed E-state index contributed by atoms with van der Waals surface area (Å²) in [6.07, 6.45) is 1.49. The quantitative estimate of drug-likeness (QED) is 0.838. The van der Waals surface area contributed by atoms with Crippen molar-refractivity contribution in [2.24, 2.45) is 0 Å². The van der Waals surface area contributed by atoms with Crippen LogP contribution in [-0.4, -0.2) is 55.4 Å². The predicted octanol–water partition coefficient (Wildman–Crippen LogP) is 2.04. The Hall–Kier alpha value is -2.73. The van der Waals surface area contributed by atoms with Crippen LogP contribution in [0.4, 0.5) is 5.69 Å². The standard InChI is InChI=1S/C19H24N4O2/c1-4-23(16-8-6-5-7-9-16)19(25)17-14-15(10-11-20-17)18(24)21-12-13-22(2)3/h5-11,14H,4,12-13H2,1-3H3,(H,21,24). The molecule has 2 rings (SSSR count). The third-order valence-corrected chi connectivity index (χ3v) is 3.72. The number of pyridine rings is 1. The minimum absolute atomic E-state index is 0.207. The lowest BCUT2D eigenvalue weighted by molar-refractivity contribution is 0.0951. The SMILES string of the molecule is CCN(C(=O)c1cc(C(=O)NCCN(C)C)ccn1)c1ccccc1. The Kier molecular flexibility index (Phi) is 6.65. The van der Waals surface area contributed by atoms with Crippen LogP contribution in [0.5, 0.6) is 0 Å². The minimum Gasteiger partial charge on any atom is -0.351 e. The third kappa shape index (κ3) is 5.12. The van der Waals surface area contributed by atoms with Gasteiger partial charge in [0.05, 0.1) is 0 Å². The first-order valence-corrected chi connectivity index (χ1v) is 8.28. The van der Waals surface area contributed by atoms with Crippen LogP contribution in [0.1, 0.15) is 27.8 Å². The number of anilines is 1. The van der Waals surface area contributed by atoms with Crippen molar-refractivity contribution < 1.29 is 9.59 Å². The molecule has 25 heavy (non-hydrogen) atoms. The molecule has 1 N–H and O–H groups in total. The van der Waals surface area contributed by atoms with Gasteiger partial charge in [0.2, 0.25) is 0 Å². The molecule has 132 valence electrons. The fourth-order valence-corrected chi connectivity index (χ4v) is 2.37. The predicted molar refractivity (Wildman–Crippen MR) is 98.9 cm³/mol. The van der Waals surface area contributed by atoms with Gasteiger partial charge in [0, 0.05) is 37.1 Å². The average molecular weight is 340 g/mol. The first kappa shape index (κ1) is 18.6. The van der Waals surface area contributed by atoms with E-state index in [0.717, 1.165) is 12.2 Å². The molecule has 0 fully saturated rings. The number of carbonyl (C=O) groups is 2. The van der Waals surface area contributed by atoms with Crippen LogP contribution in [0.3, 0.4) is 0 Å². The second-order valence-electron chi connectivity index (χ2n) is 5.87. The van der Waals surface area contributed by atoms with E-state index in [2.05, 4.69) is 10.3 Å². The number of rotatable bonds is 7. The monoisotopic (exact) mass is 340 g/mol. The van der Waals surface area contributed by atoms with Gasteiger partial charge in [-0.2, -0.15) is 0 Å². The molecular weight excluding hydrogens is 316 g/mol. The van der Waals surface area contributed by atoms with E-state index in [0.29, 0.717) is 18.7 Å². The van der Waals surface area contributed by atoms with Gasteiger partial charge in [0.15, 0.2) is 0 Å². The zero-order valence-corrected chi connectivity index (χ0v) is 14.9. The maximum atomic E-state index is 12.8. The number of hydrogen-bond acceptors (Lipinski definition) is 4. The van der Waals surface area contributed by atoms with Crippen LogP contribution in [0.15, 0.2) is 48.7 Å². The molecule has 0 aliphatic rings. The largest absolute Gasteiger partial charge is 0.351 e. The molecule has 2 amide bonds. The molecular formula is C19H24N4O2. The van der Waals surface area contributed by atoms with Crippen molar-refractivity contribution in [2.75, 3.05) is 38.6 Å². The van der Waals surface area contributed by atoms with E-state index < -0.39 is 0 Å². The smallest absolute Gasteiger partial charge is 0.276 e. The topological polar surface area (TPSA) is 65.5 Å². The summed E-state index contributed by atoms with van der Waals surface area (Å²) < 4.78 is 0. The molecule has 6 heteroatoms. The molecule has 0 aliphatic carbocycles. The van der Waals surface area contributed by atoms with Crippen molar-refractivity contribution in [3.8, 4) is 0 Å². The molecule has 2 aromatic rings. The maximum Gasteiger partial charge on any atom is 0.276 e. The molecule has 1 aromatic heterocycles. The summed E-state index contributed by atoms with van der Waals surface area (Å²) in [6.45, 7) is 3.72. The number of carbonyl (C=O) groups excluding carboxylic acids is 2. The third-order valence-electron chi connectivity index (χ3n) is 3.72. The van der Waals surface area contributed by atoms with Crippen LogP contribution in [0, 0.1) is 0 Å². The van der Waals surface area contributed by atoms with Gasteiger partial charge in [-0.3, -0.25) is 14.6 Å². The van der Waals surface area contributed by atoms with Crippen molar-refractivity contribution >= 4 is 17.5 Å². The van der Waals surface area contributed by atoms with E-state index >= 15 is 0 Å². The van der Waals surface area contributed by atoms with Gasteiger partial charge in [0.1, 0.15) is 5.69 Å². The van der Waals surface area contributed by atoms with Gasteiger partial charge >= 0.3 is 0 Å². The molecule has 6 nitrogen and oxygen atoms in total. The van der Waals surface area contributed by atoms with E-state index in [9.17, 15) is 9.59 Å². The molecule has 1 heterocycles. The lowest BCUT2D eigenvalue weighted by atomic mass is 10.2. The number of hydrogen-bond donors (Lipinski definition) is 1. The Morgan fingerprint density at radius 1 is 1.12 bits per heavy atom. The van der Waals surface area contributed by atoms with Gasteiger partial charge in [0.25, 0.3) is 11.8 Å². The highest BCUT2D eigenvalue weighted by atomic mass is 16.2. The molecule has 1 aromatic carbocycles. The second-order valence-corrected chi connectivity index (χ2v) is 5.87. The van der Waals surface area contributed by atoms with Crippen LogP contribution in [-0.2, 0) is 0 Å². The number of likely N-dealkylation sites (N-methyl/N-ethyl adjacent to an activating group) is 1. The number of aromatic nitrogens is 1. The van der Waals surface area contributed by atoms with Gasteiger partial charge in [-0.25, -0.2) is 0 Å². The van der Waals surface area contributed by atoms with Crippen molar-refractivity contribution in [1.82, 2.24) is 15.2 Å². The van der Waals surface area contributed by atoms with Crippen LogP contribution in [0.2, 0.25) is 0 Å². The number of nitrogens with one attached hydrogen (secondary N) is 1. The minimum atomic E-state index is -0.225. The average Bonchev–Trinajstić information content (AvgIpc) is 2.63. The molecule has 0 aliphatic heterocycles. The highest BCUT2D eigenvalue weighted by Crippen LogP contribution is 2.16. The fourth-order valence-electron chi connectivity index (χ4n) is 2.37. The van der Waals surface area contributed by atoms with Crippen molar-refractivity contribution in [1.29, 1.82) is 0 Å². The van der Waals surface area contributed by atoms with Crippen LogP contribution < -0.4 is 10.2 Å². The van der Waals surface area contributed by atoms with Crippen molar-refractivity contribution in [3.63, 3.8) is 0 Å². The van der Waals surface area contributed by atoms with Crippen molar-refractivity contribution in [2.45, 2.75) is 6.92 Å². The molecule has 0 bridgehead atoms. The highest BCUT2D eigenvalue weighted by molar-refractivity contribution is 6.06. The second kappa shape index (κ2) is 8.94. The molecule has 0 saturated carbocycles. The first-order chi connectivity index (χ1) is 12.0. The highest BCUT2D eigenvalue weighted by Gasteiger charge is 2.18. The van der Waals surface area contributed by atoms with Gasteiger partial charge < -0.3 is 15.1 Å². The Labute approximate surface area is 148 Å². The zero-order chi connectivity index (χ0) is 18.2. The summed E-state index contributed by atoms with van der Waals surface area (Å²) >= 11 is 0. The maximum absolute atomic E-state index is 12.8. The summed E-state index contributed by atoms with van der Waals surface area (Å²) in [7, 11) is 3.89. The number of amides is 2. The molecule has 0 saturated heterocycles. The summed E-state index contributed by atoms with van der Waals surface area (Å²) in [6, 6.07) is 12.6. The molecule has 0 radical (unpaired) electrons. The van der Waals surface area contributed by atoms with E-state index in [-0.39, 0.29) is 17.5 Å². The van der Waals surface area contributed by atoms with Crippen LogP contribution in [0.25, 0.3) is 0 Å². The summed E-state index contributed by atoms with van der Waals surface area (Å²) in [4.78, 5) is 32.8. The van der Waals surface area contributed by atoms with E-state index in [1.165, 1.54) is 6.20 Å². The van der Waals surface area contributed by atoms with Crippen molar-refractivity contribution in [3.05, 3.63) is 59.9 Å². The molecule has 0 atom stereocenters. The van der Waals surface area contributed by atoms with E-state index in [4.69, 9.17) is 0 Å². The molecule has 0 spiro atoms. The number of benzene rings is 1. The number of nitrogens with zero attached hydrogens (tertiary/aromatic N) is 3. The molecule has 0 unspecified atom stereocenters. The number of para-hydroxylation sites is 1. The Morgan fingerprint density at radius 2 is 1.84 bits per heavy atom. The zero-order valence-electron chi connectivity index (χ0n) is 14.9. The van der Waals surface area contributed by atoms with Gasteiger partial charge in [-0.1, -0.05) is 18.2 Å². The Bertz CT molecular complexity index is 716. The Morgan fingerprint density at radius 3 is 2.48 bits per heavy atom. The van der Waals surface area contributed by atoms with Crippen LogP contribution >= 0.6 is 0 Å². The van der Waals surface area contributed by atoms with Gasteiger partial charge in [-0.05, 0) is 45.3 Å². The van der Waals surface area contributed by atoms with Gasteiger partial charge in [-0.15, -0.1) is 0 Å².